The van der Waals surface area contributed by atoms with E-state index in [0.29, 0.717) is 23.3 Å². The average Bonchev–Trinajstić information content (AvgIpc) is 3.11. The lowest BCUT2D eigenvalue weighted by Crippen LogP contribution is -2.45. The third kappa shape index (κ3) is 5.53. The van der Waals surface area contributed by atoms with Gasteiger partial charge in [-0.15, -0.1) is 0 Å². The molecule has 1 aromatic heterocycles. The number of halogens is 1. The van der Waals surface area contributed by atoms with Gasteiger partial charge in [0, 0.05) is 23.2 Å². The standard InChI is InChI=1S/C20H27ClN4O2/c1-3-5-14(2)22-20(26)16-6-4-11-25(12-16)13-18-23-19(24-27-18)15-7-9-17(21)10-8-15/h7-10,14,16H,3-6,11-13H2,1-2H3,(H,22,26). The molecule has 1 aliphatic heterocycles. The number of carbonyl (C=O) groups is 1. The molecule has 2 aromatic rings. The predicted molar refractivity (Wildman–Crippen MR) is 105 cm³/mol. The van der Waals surface area contributed by atoms with Gasteiger partial charge in [0.1, 0.15) is 0 Å². The number of piperidine rings is 1. The van der Waals surface area contributed by atoms with E-state index in [0.717, 1.165) is 44.3 Å². The Morgan fingerprint density at radius 2 is 2.19 bits per heavy atom. The summed E-state index contributed by atoms with van der Waals surface area (Å²) in [6, 6.07) is 7.59. The van der Waals surface area contributed by atoms with Crippen LogP contribution >= 0.6 is 11.6 Å². The smallest absolute Gasteiger partial charge is 0.241 e. The SMILES string of the molecule is CCCC(C)NC(=O)C1CCCN(Cc2nc(-c3ccc(Cl)cc3)no2)C1. The second-order valence-electron chi connectivity index (χ2n) is 7.29. The Morgan fingerprint density at radius 1 is 1.41 bits per heavy atom. The molecular formula is C20H27ClN4O2. The third-order valence-corrected chi connectivity index (χ3v) is 5.17. The van der Waals surface area contributed by atoms with Crippen LogP contribution in [0.3, 0.4) is 0 Å². The van der Waals surface area contributed by atoms with E-state index in [1.165, 1.54) is 0 Å². The van der Waals surface area contributed by atoms with Crippen molar-refractivity contribution in [1.82, 2.24) is 20.4 Å². The number of hydrogen-bond acceptors (Lipinski definition) is 5. The highest BCUT2D eigenvalue weighted by atomic mass is 35.5. The van der Waals surface area contributed by atoms with E-state index in [9.17, 15) is 4.79 Å². The van der Waals surface area contributed by atoms with Crippen LogP contribution in [0, 0.1) is 5.92 Å². The molecule has 6 nitrogen and oxygen atoms in total. The number of likely N-dealkylation sites (tertiary alicyclic amines) is 1. The highest BCUT2D eigenvalue weighted by molar-refractivity contribution is 6.30. The van der Waals surface area contributed by atoms with Crippen LogP contribution in [0.2, 0.25) is 5.02 Å². The molecule has 3 rings (SSSR count). The number of hydrogen-bond donors (Lipinski definition) is 1. The molecule has 0 aliphatic carbocycles. The quantitative estimate of drug-likeness (QED) is 0.776. The predicted octanol–water partition coefficient (Wildman–Crippen LogP) is 3.91. The fourth-order valence-electron chi connectivity index (χ4n) is 3.51. The Kier molecular flexibility index (Phi) is 6.85. The lowest BCUT2D eigenvalue weighted by Gasteiger charge is -2.31. The molecule has 1 aromatic carbocycles. The van der Waals surface area contributed by atoms with Gasteiger partial charge in [-0.3, -0.25) is 9.69 Å². The number of rotatable bonds is 7. The van der Waals surface area contributed by atoms with Crippen LogP contribution in [0.1, 0.15) is 45.4 Å². The normalized spacial score (nSPS) is 19.0. The number of nitrogens with one attached hydrogen (secondary N) is 1. The Labute approximate surface area is 165 Å². The summed E-state index contributed by atoms with van der Waals surface area (Å²) in [5, 5.41) is 7.87. The van der Waals surface area contributed by atoms with Crippen molar-refractivity contribution in [3.05, 3.63) is 35.2 Å². The van der Waals surface area contributed by atoms with Crippen molar-refractivity contribution >= 4 is 17.5 Å². The number of carbonyl (C=O) groups excluding carboxylic acids is 1. The minimum Gasteiger partial charge on any atom is -0.353 e. The second-order valence-corrected chi connectivity index (χ2v) is 7.73. The summed E-state index contributed by atoms with van der Waals surface area (Å²) in [6.07, 6.45) is 4.02. The summed E-state index contributed by atoms with van der Waals surface area (Å²) in [6.45, 7) is 6.43. The molecule has 27 heavy (non-hydrogen) atoms. The van der Waals surface area contributed by atoms with Crippen LogP contribution < -0.4 is 5.32 Å². The fourth-order valence-corrected chi connectivity index (χ4v) is 3.63. The fraction of sp³-hybridized carbons (Fsp3) is 0.550. The lowest BCUT2D eigenvalue weighted by atomic mass is 9.96. The molecule has 0 saturated carbocycles. The minimum atomic E-state index is 0.0247. The van der Waals surface area contributed by atoms with E-state index in [-0.39, 0.29) is 17.9 Å². The van der Waals surface area contributed by atoms with Crippen molar-refractivity contribution in [2.24, 2.45) is 5.92 Å². The Hall–Kier alpha value is -1.92. The Morgan fingerprint density at radius 3 is 2.93 bits per heavy atom. The van der Waals surface area contributed by atoms with E-state index in [1.807, 2.05) is 12.1 Å². The van der Waals surface area contributed by atoms with Crippen LogP contribution in [-0.2, 0) is 11.3 Å². The number of nitrogens with zero attached hydrogens (tertiary/aromatic N) is 3. The molecule has 1 saturated heterocycles. The van der Waals surface area contributed by atoms with Crippen molar-refractivity contribution in [3.63, 3.8) is 0 Å². The van der Waals surface area contributed by atoms with Gasteiger partial charge in [0.05, 0.1) is 12.5 Å². The Balaban J connectivity index is 1.56. The maximum atomic E-state index is 12.5. The topological polar surface area (TPSA) is 71.3 Å². The third-order valence-electron chi connectivity index (χ3n) is 4.92. The van der Waals surface area contributed by atoms with Crippen LogP contribution in [-0.4, -0.2) is 40.1 Å². The van der Waals surface area contributed by atoms with Gasteiger partial charge in [-0.25, -0.2) is 0 Å². The van der Waals surface area contributed by atoms with E-state index < -0.39 is 0 Å². The zero-order valence-corrected chi connectivity index (χ0v) is 16.7. The van der Waals surface area contributed by atoms with Crippen LogP contribution in [0.4, 0.5) is 0 Å². The molecule has 0 radical (unpaired) electrons. The summed E-state index contributed by atoms with van der Waals surface area (Å²) in [4.78, 5) is 19.2. The first-order valence-electron chi connectivity index (χ1n) is 9.66. The van der Waals surface area contributed by atoms with E-state index in [2.05, 4.69) is 34.2 Å². The molecule has 0 bridgehead atoms. The summed E-state index contributed by atoms with van der Waals surface area (Å²) in [5.74, 6) is 1.31. The van der Waals surface area contributed by atoms with Gasteiger partial charge < -0.3 is 9.84 Å². The van der Waals surface area contributed by atoms with Gasteiger partial charge >= 0.3 is 0 Å². The second kappa shape index (κ2) is 9.33. The highest BCUT2D eigenvalue weighted by Crippen LogP contribution is 2.21. The monoisotopic (exact) mass is 390 g/mol. The van der Waals surface area contributed by atoms with Crippen LogP contribution in [0.15, 0.2) is 28.8 Å². The molecule has 146 valence electrons. The summed E-state index contributed by atoms with van der Waals surface area (Å²) in [7, 11) is 0. The zero-order valence-electron chi connectivity index (χ0n) is 15.9. The zero-order chi connectivity index (χ0) is 19.2. The number of amides is 1. The molecule has 1 amide bonds. The lowest BCUT2D eigenvalue weighted by molar-refractivity contribution is -0.127. The maximum Gasteiger partial charge on any atom is 0.241 e. The van der Waals surface area contributed by atoms with E-state index >= 15 is 0 Å². The molecule has 0 spiro atoms. The van der Waals surface area contributed by atoms with Gasteiger partial charge in [-0.1, -0.05) is 30.1 Å². The van der Waals surface area contributed by atoms with Gasteiger partial charge in [0.15, 0.2) is 0 Å². The molecule has 2 atom stereocenters. The van der Waals surface area contributed by atoms with Gasteiger partial charge in [0.25, 0.3) is 0 Å². The van der Waals surface area contributed by atoms with Crippen molar-refractivity contribution in [2.75, 3.05) is 13.1 Å². The summed E-state index contributed by atoms with van der Waals surface area (Å²) in [5.41, 5.74) is 0.871. The van der Waals surface area contributed by atoms with Crippen LogP contribution in [0.5, 0.6) is 0 Å². The van der Waals surface area contributed by atoms with Crippen LogP contribution in [0.25, 0.3) is 11.4 Å². The molecular weight excluding hydrogens is 364 g/mol. The van der Waals surface area contributed by atoms with Gasteiger partial charge in [-0.05, 0) is 57.0 Å². The average molecular weight is 391 g/mol. The van der Waals surface area contributed by atoms with Crippen molar-refractivity contribution in [2.45, 2.75) is 52.1 Å². The Bertz CT molecular complexity index is 747. The summed E-state index contributed by atoms with van der Waals surface area (Å²) < 4.78 is 5.41. The van der Waals surface area contributed by atoms with Crippen molar-refractivity contribution in [1.29, 1.82) is 0 Å². The first-order valence-corrected chi connectivity index (χ1v) is 10.0. The summed E-state index contributed by atoms with van der Waals surface area (Å²) >= 11 is 5.92. The highest BCUT2D eigenvalue weighted by Gasteiger charge is 2.27. The largest absolute Gasteiger partial charge is 0.353 e. The maximum absolute atomic E-state index is 12.5. The van der Waals surface area contributed by atoms with Gasteiger partial charge in [0.2, 0.25) is 17.6 Å². The number of benzene rings is 1. The molecule has 2 heterocycles. The molecule has 1 aliphatic rings. The molecule has 1 N–H and O–H groups in total. The molecule has 1 fully saturated rings. The van der Waals surface area contributed by atoms with E-state index in [1.54, 1.807) is 12.1 Å². The molecule has 2 unspecified atom stereocenters. The van der Waals surface area contributed by atoms with E-state index in [4.69, 9.17) is 16.1 Å². The minimum absolute atomic E-state index is 0.0247. The van der Waals surface area contributed by atoms with Crippen molar-refractivity contribution < 1.29 is 9.32 Å². The first-order chi connectivity index (χ1) is 13.0. The number of aromatic nitrogens is 2. The van der Waals surface area contributed by atoms with Crippen molar-refractivity contribution in [3.8, 4) is 11.4 Å². The molecule has 7 heteroatoms. The first kappa shape index (κ1) is 19.8. The van der Waals surface area contributed by atoms with Gasteiger partial charge in [-0.2, -0.15) is 4.98 Å².